The van der Waals surface area contributed by atoms with E-state index >= 15 is 0 Å². The van der Waals surface area contributed by atoms with Crippen LogP contribution in [0.2, 0.25) is 0 Å². The van der Waals surface area contributed by atoms with E-state index in [4.69, 9.17) is 5.73 Å². The number of esters is 1. The fraction of sp³-hybridized carbons (Fsp3) is 0.429. The highest BCUT2D eigenvalue weighted by molar-refractivity contribution is 5.85. The largest absolute Gasteiger partial charge is 0.468 e. The van der Waals surface area contributed by atoms with Gasteiger partial charge in [-0.25, -0.2) is 4.98 Å². The zero-order valence-electron chi connectivity index (χ0n) is 7.19. The molecule has 0 fully saturated rings. The van der Waals surface area contributed by atoms with Gasteiger partial charge in [0.1, 0.15) is 6.04 Å². The van der Waals surface area contributed by atoms with E-state index in [1.807, 2.05) is 0 Å². The summed E-state index contributed by atoms with van der Waals surface area (Å²) in [5, 5.41) is 0. The summed E-state index contributed by atoms with van der Waals surface area (Å²) in [5.41, 5.74) is 6.25. The van der Waals surface area contributed by atoms with Gasteiger partial charge < -0.3 is 15.5 Å². The molecule has 1 atom stereocenters. The third-order valence-electron chi connectivity index (χ3n) is 1.49. The van der Waals surface area contributed by atoms with Crippen LogP contribution in [0.5, 0.6) is 0 Å². The van der Waals surface area contributed by atoms with Crippen LogP contribution in [-0.4, -0.2) is 29.1 Å². The van der Waals surface area contributed by atoms with E-state index < -0.39 is 12.0 Å². The second-order valence-electron chi connectivity index (χ2n) is 2.39. The number of carbonyl (C=O) groups is 1. The van der Waals surface area contributed by atoms with E-state index in [-0.39, 0.29) is 12.4 Å². The van der Waals surface area contributed by atoms with Gasteiger partial charge in [-0.3, -0.25) is 4.79 Å². The van der Waals surface area contributed by atoms with Crippen LogP contribution in [-0.2, 0) is 16.0 Å². The van der Waals surface area contributed by atoms with Crippen LogP contribution in [0.15, 0.2) is 12.5 Å². The molecule has 6 heteroatoms. The fourth-order valence-electron chi connectivity index (χ4n) is 0.863. The number of methoxy groups -OCH3 is 1. The van der Waals surface area contributed by atoms with E-state index in [0.717, 1.165) is 5.69 Å². The van der Waals surface area contributed by atoms with Crippen molar-refractivity contribution in [2.45, 2.75) is 12.5 Å². The van der Waals surface area contributed by atoms with Gasteiger partial charge in [-0.15, -0.1) is 12.4 Å². The first kappa shape index (κ1) is 11.9. The molecule has 0 aliphatic heterocycles. The minimum atomic E-state index is -0.627. The summed E-state index contributed by atoms with van der Waals surface area (Å²) in [6.07, 6.45) is 3.64. The lowest BCUT2D eigenvalue weighted by molar-refractivity contribution is -0.142. The Bertz CT molecular complexity index is 250. The number of carbonyl (C=O) groups excluding carboxylic acids is 1. The first-order valence-electron chi connectivity index (χ1n) is 3.55. The number of imidazole rings is 1. The summed E-state index contributed by atoms with van der Waals surface area (Å²) >= 11 is 0. The Morgan fingerprint density at radius 1 is 1.85 bits per heavy atom. The number of hydrogen-bond acceptors (Lipinski definition) is 4. The van der Waals surface area contributed by atoms with Crippen LogP contribution < -0.4 is 5.73 Å². The van der Waals surface area contributed by atoms with E-state index in [2.05, 4.69) is 14.7 Å². The molecule has 1 aromatic heterocycles. The highest BCUT2D eigenvalue weighted by Gasteiger charge is 2.14. The van der Waals surface area contributed by atoms with E-state index in [0.29, 0.717) is 6.42 Å². The van der Waals surface area contributed by atoms with E-state index in [9.17, 15) is 4.79 Å². The number of aromatic amines is 1. The minimum absolute atomic E-state index is 0. The highest BCUT2D eigenvalue weighted by atomic mass is 35.5. The number of ether oxygens (including phenoxy) is 1. The minimum Gasteiger partial charge on any atom is -0.468 e. The molecule has 1 aromatic rings. The van der Waals surface area contributed by atoms with Gasteiger partial charge in [0.25, 0.3) is 0 Å². The maximum atomic E-state index is 10.9. The second kappa shape index (κ2) is 5.55. The number of nitrogens with zero attached hydrogens (tertiary/aromatic N) is 1. The van der Waals surface area contributed by atoms with Crippen molar-refractivity contribution in [3.05, 3.63) is 18.2 Å². The molecule has 0 radical (unpaired) electrons. The summed E-state index contributed by atoms with van der Waals surface area (Å²) in [6, 6.07) is -0.627. The smallest absolute Gasteiger partial charge is 0.323 e. The summed E-state index contributed by atoms with van der Waals surface area (Å²) in [7, 11) is 1.31. The lowest BCUT2D eigenvalue weighted by Crippen LogP contribution is -2.33. The number of H-pyrrole nitrogens is 1. The van der Waals surface area contributed by atoms with Crippen LogP contribution in [0.3, 0.4) is 0 Å². The molecule has 74 valence electrons. The highest BCUT2D eigenvalue weighted by Crippen LogP contribution is 1.96. The van der Waals surface area contributed by atoms with Crippen molar-refractivity contribution in [1.29, 1.82) is 0 Å². The molecule has 0 aromatic carbocycles. The van der Waals surface area contributed by atoms with Crippen molar-refractivity contribution >= 4 is 18.4 Å². The summed E-state index contributed by atoms with van der Waals surface area (Å²) in [4.78, 5) is 17.6. The third kappa shape index (κ3) is 3.43. The molecule has 0 amide bonds. The molecule has 0 unspecified atom stereocenters. The van der Waals surface area contributed by atoms with Crippen molar-refractivity contribution in [2.24, 2.45) is 5.73 Å². The van der Waals surface area contributed by atoms with Crippen LogP contribution in [0.25, 0.3) is 0 Å². The zero-order chi connectivity index (χ0) is 8.97. The molecule has 0 aliphatic rings. The first-order valence-corrected chi connectivity index (χ1v) is 3.55. The number of nitrogens with two attached hydrogens (primary N) is 1. The molecule has 0 bridgehead atoms. The topological polar surface area (TPSA) is 81.0 Å². The lowest BCUT2D eigenvalue weighted by atomic mass is 10.2. The van der Waals surface area contributed by atoms with E-state index in [1.54, 1.807) is 12.5 Å². The number of aromatic nitrogens is 2. The molecule has 0 saturated carbocycles. The maximum absolute atomic E-state index is 10.9. The molecule has 0 saturated heterocycles. The number of rotatable bonds is 3. The monoisotopic (exact) mass is 205 g/mol. The number of nitrogens with one attached hydrogen (secondary N) is 1. The maximum Gasteiger partial charge on any atom is 0.323 e. The quantitative estimate of drug-likeness (QED) is 0.674. The normalized spacial score (nSPS) is 11.5. The van der Waals surface area contributed by atoms with Gasteiger partial charge >= 0.3 is 5.97 Å². The Morgan fingerprint density at radius 3 is 3.00 bits per heavy atom. The van der Waals surface area contributed by atoms with Gasteiger partial charge in [0, 0.05) is 12.6 Å². The molecule has 1 rings (SSSR count). The molecule has 3 N–H and O–H groups in total. The molecular weight excluding hydrogens is 194 g/mol. The molecule has 13 heavy (non-hydrogen) atoms. The predicted molar refractivity (Wildman–Crippen MR) is 49.5 cm³/mol. The van der Waals surface area contributed by atoms with E-state index in [1.165, 1.54) is 7.11 Å². The summed E-state index contributed by atoms with van der Waals surface area (Å²) < 4.78 is 4.46. The SMILES string of the molecule is COC(=O)[C@H](N)Cc1c[nH]cn1.Cl. The van der Waals surface area contributed by atoms with Crippen LogP contribution in [0.4, 0.5) is 0 Å². The van der Waals surface area contributed by atoms with Gasteiger partial charge in [-0.1, -0.05) is 0 Å². The Balaban J connectivity index is 0.00000144. The molecule has 0 aliphatic carbocycles. The standard InChI is InChI=1S/C7H11N3O2.ClH/c1-12-7(11)6(8)2-5-3-9-4-10-5;/h3-4,6H,2,8H2,1H3,(H,9,10);1H/t6-;/m1./s1. The Kier molecular flexibility index (Phi) is 5.10. The average Bonchev–Trinajstić information content (AvgIpc) is 2.55. The van der Waals surface area contributed by atoms with Crippen molar-refractivity contribution in [2.75, 3.05) is 7.11 Å². The van der Waals surface area contributed by atoms with Gasteiger partial charge in [-0.2, -0.15) is 0 Å². The average molecular weight is 206 g/mol. The van der Waals surface area contributed by atoms with Gasteiger partial charge in [0.15, 0.2) is 0 Å². The Labute approximate surface area is 82.1 Å². The van der Waals surface area contributed by atoms with Gasteiger partial charge in [0.2, 0.25) is 0 Å². The zero-order valence-corrected chi connectivity index (χ0v) is 8.00. The fourth-order valence-corrected chi connectivity index (χ4v) is 0.863. The van der Waals surface area contributed by atoms with Crippen molar-refractivity contribution in [3.63, 3.8) is 0 Å². The van der Waals surface area contributed by atoms with Gasteiger partial charge in [0.05, 0.1) is 19.1 Å². The molecule has 5 nitrogen and oxygen atoms in total. The van der Waals surface area contributed by atoms with Crippen molar-refractivity contribution in [1.82, 2.24) is 9.97 Å². The predicted octanol–water partition coefficient (Wildman–Crippen LogP) is -0.126. The summed E-state index contributed by atoms with van der Waals surface area (Å²) in [5.74, 6) is -0.419. The summed E-state index contributed by atoms with van der Waals surface area (Å²) in [6.45, 7) is 0. The lowest BCUT2D eigenvalue weighted by Gasteiger charge is -2.05. The van der Waals surface area contributed by atoms with Crippen molar-refractivity contribution < 1.29 is 9.53 Å². The molecule has 1 heterocycles. The van der Waals surface area contributed by atoms with Crippen molar-refractivity contribution in [3.8, 4) is 0 Å². The van der Waals surface area contributed by atoms with Crippen LogP contribution in [0, 0.1) is 0 Å². The number of halogens is 1. The molecular formula is C7H12ClN3O2. The van der Waals surface area contributed by atoms with Crippen LogP contribution >= 0.6 is 12.4 Å². The Hall–Kier alpha value is -1.07. The van der Waals surface area contributed by atoms with Gasteiger partial charge in [-0.05, 0) is 0 Å². The second-order valence-corrected chi connectivity index (χ2v) is 2.39. The number of hydrogen-bond donors (Lipinski definition) is 2. The first-order chi connectivity index (χ1) is 5.74. The van der Waals surface area contributed by atoms with Crippen LogP contribution in [0.1, 0.15) is 5.69 Å². The molecule has 0 spiro atoms. The third-order valence-corrected chi connectivity index (χ3v) is 1.49. The Morgan fingerprint density at radius 2 is 2.54 bits per heavy atom.